The molecule has 3 rings (SSSR count). The molecule has 4 N–H and O–H groups in total. The predicted octanol–water partition coefficient (Wildman–Crippen LogP) is 2.62. The average Bonchev–Trinajstić information content (AvgIpc) is 2.88. The maximum atomic E-state index is 11.1. The molecule has 0 amide bonds. The molecule has 0 spiro atoms. The van der Waals surface area contributed by atoms with Crippen LogP contribution in [-0.2, 0) is 0 Å². The van der Waals surface area contributed by atoms with Crippen molar-refractivity contribution in [2.24, 2.45) is 11.3 Å². The van der Waals surface area contributed by atoms with E-state index in [0.29, 0.717) is 12.8 Å². The van der Waals surface area contributed by atoms with E-state index in [2.05, 4.69) is 25.7 Å². The first-order chi connectivity index (χ1) is 11.8. The fourth-order valence-corrected chi connectivity index (χ4v) is 5.38. The molecule has 0 radical (unpaired) electrons. The van der Waals surface area contributed by atoms with Gasteiger partial charge in [0, 0.05) is 5.41 Å². The fourth-order valence-electron chi connectivity index (χ4n) is 5.38. The van der Waals surface area contributed by atoms with Gasteiger partial charge in [-0.3, -0.25) is 0 Å². The van der Waals surface area contributed by atoms with Gasteiger partial charge in [0.15, 0.2) is 0 Å². The van der Waals surface area contributed by atoms with E-state index in [4.69, 9.17) is 0 Å². The van der Waals surface area contributed by atoms with Crippen LogP contribution in [0.3, 0.4) is 0 Å². The molecule has 4 heteroatoms. The van der Waals surface area contributed by atoms with E-state index in [1.807, 2.05) is 0 Å². The van der Waals surface area contributed by atoms with Crippen LogP contribution in [0.1, 0.15) is 58.3 Å². The smallest absolute Gasteiger partial charge is 0.106 e. The topological polar surface area (TPSA) is 80.9 Å². The Bertz CT molecular complexity index is 593. The molecular formula is C21H32O4. The Kier molecular flexibility index (Phi) is 5.27. The quantitative estimate of drug-likeness (QED) is 0.632. The number of aliphatic hydroxyl groups is 4. The van der Waals surface area contributed by atoms with Gasteiger partial charge in [0.2, 0.25) is 0 Å². The summed E-state index contributed by atoms with van der Waals surface area (Å²) in [5, 5.41) is 40.6. The highest BCUT2D eigenvalue weighted by Gasteiger charge is 2.60. The van der Waals surface area contributed by atoms with E-state index in [0.717, 1.165) is 49.7 Å². The van der Waals surface area contributed by atoms with Gasteiger partial charge in [0.1, 0.15) is 6.10 Å². The summed E-state index contributed by atoms with van der Waals surface area (Å²) in [6.45, 7) is 5.78. The van der Waals surface area contributed by atoms with E-state index in [1.165, 1.54) is 5.57 Å². The van der Waals surface area contributed by atoms with Gasteiger partial charge in [-0.15, -0.1) is 0 Å². The van der Waals surface area contributed by atoms with Crippen molar-refractivity contribution in [3.8, 4) is 0 Å². The highest BCUT2D eigenvalue weighted by Crippen LogP contribution is 2.60. The Morgan fingerprint density at radius 2 is 2.00 bits per heavy atom. The van der Waals surface area contributed by atoms with Crippen LogP contribution >= 0.6 is 0 Å². The van der Waals surface area contributed by atoms with Crippen molar-refractivity contribution in [2.45, 2.75) is 76.1 Å². The molecule has 5 atom stereocenters. The van der Waals surface area contributed by atoms with Crippen LogP contribution in [0.2, 0.25) is 0 Å². The van der Waals surface area contributed by atoms with Crippen LogP contribution in [0.25, 0.3) is 0 Å². The van der Waals surface area contributed by atoms with Crippen molar-refractivity contribution in [1.29, 1.82) is 0 Å². The summed E-state index contributed by atoms with van der Waals surface area (Å²) in [6, 6.07) is 0. The summed E-state index contributed by atoms with van der Waals surface area (Å²) in [6.07, 6.45) is 9.41. The Hall–Kier alpha value is -0.940. The molecule has 0 bridgehead atoms. The van der Waals surface area contributed by atoms with Crippen LogP contribution in [0.4, 0.5) is 0 Å². The van der Waals surface area contributed by atoms with Crippen LogP contribution in [0, 0.1) is 11.3 Å². The lowest BCUT2D eigenvalue weighted by Gasteiger charge is -2.48. The van der Waals surface area contributed by atoms with Crippen molar-refractivity contribution in [3.63, 3.8) is 0 Å². The Balaban J connectivity index is 1.86. The normalized spacial score (nSPS) is 43.5. The molecule has 25 heavy (non-hydrogen) atoms. The molecule has 0 heterocycles. The third-order valence-corrected chi connectivity index (χ3v) is 7.09. The van der Waals surface area contributed by atoms with Crippen molar-refractivity contribution in [3.05, 3.63) is 35.5 Å². The molecule has 0 aliphatic heterocycles. The van der Waals surface area contributed by atoms with Gasteiger partial charge in [-0.2, -0.15) is 0 Å². The van der Waals surface area contributed by atoms with Crippen molar-refractivity contribution >= 4 is 0 Å². The van der Waals surface area contributed by atoms with Crippen LogP contribution in [0.15, 0.2) is 35.5 Å². The van der Waals surface area contributed by atoms with E-state index in [-0.39, 0.29) is 12.0 Å². The van der Waals surface area contributed by atoms with Gasteiger partial charge >= 0.3 is 0 Å². The molecule has 0 unspecified atom stereocenters. The Morgan fingerprint density at radius 1 is 1.24 bits per heavy atom. The fraction of sp³-hybridized carbons (Fsp3) is 0.714. The second-order valence-electron chi connectivity index (χ2n) is 8.42. The predicted molar refractivity (Wildman–Crippen MR) is 97.9 cm³/mol. The minimum Gasteiger partial charge on any atom is -0.394 e. The first-order valence-electron chi connectivity index (χ1n) is 9.59. The molecule has 3 aliphatic carbocycles. The van der Waals surface area contributed by atoms with E-state index < -0.39 is 23.7 Å². The van der Waals surface area contributed by atoms with Gasteiger partial charge in [0.05, 0.1) is 18.3 Å². The lowest BCUT2D eigenvalue weighted by molar-refractivity contribution is -0.161. The van der Waals surface area contributed by atoms with Crippen molar-refractivity contribution in [1.82, 2.24) is 0 Å². The Labute approximate surface area is 150 Å². The van der Waals surface area contributed by atoms with Gasteiger partial charge in [-0.25, -0.2) is 0 Å². The highest BCUT2D eigenvalue weighted by molar-refractivity contribution is 5.36. The molecule has 0 aromatic heterocycles. The van der Waals surface area contributed by atoms with Gasteiger partial charge in [0.25, 0.3) is 0 Å². The van der Waals surface area contributed by atoms with Crippen LogP contribution in [0.5, 0.6) is 0 Å². The average molecular weight is 348 g/mol. The van der Waals surface area contributed by atoms with E-state index >= 15 is 0 Å². The highest BCUT2D eigenvalue weighted by atomic mass is 16.4. The number of allylic oxidation sites excluding steroid dienone is 4. The zero-order valence-corrected chi connectivity index (χ0v) is 15.2. The first-order valence-corrected chi connectivity index (χ1v) is 9.59. The lowest BCUT2D eigenvalue weighted by Crippen LogP contribution is -2.55. The van der Waals surface area contributed by atoms with E-state index in [1.54, 1.807) is 0 Å². The monoisotopic (exact) mass is 348 g/mol. The summed E-state index contributed by atoms with van der Waals surface area (Å²) in [7, 11) is 0. The zero-order chi connectivity index (χ0) is 18.2. The van der Waals surface area contributed by atoms with Crippen LogP contribution in [-0.4, -0.2) is 44.8 Å². The molecule has 0 aromatic rings. The second kappa shape index (κ2) is 6.99. The first kappa shape index (κ1) is 18.8. The third-order valence-electron chi connectivity index (χ3n) is 7.09. The molecule has 0 aromatic carbocycles. The molecule has 140 valence electrons. The number of hydrogen-bond acceptors (Lipinski definition) is 4. The number of rotatable bonds is 3. The number of fused-ring (bicyclic) bond motifs is 1. The minimum absolute atomic E-state index is 0.228. The molecule has 0 saturated heterocycles. The van der Waals surface area contributed by atoms with E-state index in [9.17, 15) is 20.4 Å². The standard InChI is InChI=1S/C21H32O4/c1-14-5-8-17(23)12-16(14)7-6-15-4-3-10-20(2)18(15)9-11-21(20,25)19(24)13-22/h6-7,17-19,22-25H,1,3-5,8-13H2,2H3/b15-6+,16-7-/t17-,18-,19+,20-,21-/m0/s1. The largest absolute Gasteiger partial charge is 0.394 e. The summed E-state index contributed by atoms with van der Waals surface area (Å²) in [4.78, 5) is 0. The zero-order valence-electron chi connectivity index (χ0n) is 15.2. The lowest BCUT2D eigenvalue weighted by atomic mass is 9.60. The molecular weight excluding hydrogens is 316 g/mol. The maximum absolute atomic E-state index is 11.1. The van der Waals surface area contributed by atoms with Gasteiger partial charge < -0.3 is 20.4 Å². The molecule has 3 aliphatic rings. The summed E-state index contributed by atoms with van der Waals surface area (Å²) in [5.41, 5.74) is 1.93. The SMILES string of the molecule is C=C1CC[C@H](O)C/C1=C/C=C1\CCC[C@@]2(C)[C@H]1CC[C@]2(O)[C@H](O)CO. The van der Waals surface area contributed by atoms with Crippen molar-refractivity contribution < 1.29 is 20.4 Å². The molecule has 3 saturated carbocycles. The molecule has 4 nitrogen and oxygen atoms in total. The van der Waals surface area contributed by atoms with Crippen LogP contribution < -0.4 is 0 Å². The van der Waals surface area contributed by atoms with Gasteiger partial charge in [-0.1, -0.05) is 36.8 Å². The van der Waals surface area contributed by atoms with Crippen molar-refractivity contribution in [2.75, 3.05) is 6.61 Å². The molecule has 3 fully saturated rings. The van der Waals surface area contributed by atoms with Gasteiger partial charge in [-0.05, 0) is 62.9 Å². The Morgan fingerprint density at radius 3 is 2.72 bits per heavy atom. The number of aliphatic hydroxyl groups excluding tert-OH is 3. The number of hydrogen-bond donors (Lipinski definition) is 4. The third kappa shape index (κ3) is 3.14. The second-order valence-corrected chi connectivity index (χ2v) is 8.42. The summed E-state index contributed by atoms with van der Waals surface area (Å²) < 4.78 is 0. The maximum Gasteiger partial charge on any atom is 0.106 e. The summed E-state index contributed by atoms with van der Waals surface area (Å²) in [5.74, 6) is 0.228. The summed E-state index contributed by atoms with van der Waals surface area (Å²) >= 11 is 0. The minimum atomic E-state index is -1.22.